The zero-order chi connectivity index (χ0) is 22.0. The third-order valence-corrected chi connectivity index (χ3v) is 5.78. The molecule has 0 unspecified atom stereocenters. The predicted octanol–water partition coefficient (Wildman–Crippen LogP) is 3.83. The number of halogens is 1. The Bertz CT molecular complexity index is 1370. The minimum atomic E-state index is -0.648. The van der Waals surface area contributed by atoms with Crippen LogP contribution in [0.3, 0.4) is 0 Å². The smallest absolute Gasteiger partial charge is 0.340 e. The van der Waals surface area contributed by atoms with Crippen LogP contribution in [-0.2, 0) is 11.3 Å². The van der Waals surface area contributed by atoms with Gasteiger partial charge in [-0.2, -0.15) is 9.61 Å². The molecule has 2 aromatic carbocycles. The average Bonchev–Trinajstić information content (AvgIpc) is 3.13. The molecule has 0 fully saturated rings. The standard InChI is InChI=1S/C21H15BrN4O4S/c1-12-25-26-18(27)10-13(23-21(26)31-12)11-30-20(29)15-7-3-5-9-17(15)24-19(28)14-6-2-4-8-16(14)22/h2-10H,11H2,1H3,(H,24,28). The van der Waals surface area contributed by atoms with Crippen LogP contribution in [0.5, 0.6) is 0 Å². The number of esters is 1. The summed E-state index contributed by atoms with van der Waals surface area (Å²) in [5.41, 5.74) is 0.908. The van der Waals surface area contributed by atoms with Crippen molar-refractivity contribution in [3.63, 3.8) is 0 Å². The van der Waals surface area contributed by atoms with Gasteiger partial charge in [0, 0.05) is 10.5 Å². The van der Waals surface area contributed by atoms with Crippen molar-refractivity contribution in [2.24, 2.45) is 0 Å². The van der Waals surface area contributed by atoms with Crippen molar-refractivity contribution in [3.05, 3.63) is 91.3 Å². The summed E-state index contributed by atoms with van der Waals surface area (Å²) in [6.45, 7) is 1.59. The number of hydrogen-bond acceptors (Lipinski definition) is 7. The first-order valence-corrected chi connectivity index (χ1v) is 10.7. The second-order valence-corrected chi connectivity index (χ2v) is 8.47. The highest BCUT2D eigenvalue weighted by molar-refractivity contribution is 9.10. The van der Waals surface area contributed by atoms with Crippen molar-refractivity contribution in [1.29, 1.82) is 0 Å². The summed E-state index contributed by atoms with van der Waals surface area (Å²) in [7, 11) is 0. The van der Waals surface area contributed by atoms with Gasteiger partial charge >= 0.3 is 5.97 Å². The lowest BCUT2D eigenvalue weighted by molar-refractivity contribution is 0.0469. The molecule has 31 heavy (non-hydrogen) atoms. The molecular weight excluding hydrogens is 484 g/mol. The van der Waals surface area contributed by atoms with E-state index in [1.54, 1.807) is 55.5 Å². The minimum absolute atomic E-state index is 0.186. The average molecular weight is 499 g/mol. The van der Waals surface area contributed by atoms with Gasteiger partial charge in [0.05, 0.1) is 22.5 Å². The summed E-state index contributed by atoms with van der Waals surface area (Å²) in [6.07, 6.45) is 0. The second kappa shape index (κ2) is 8.78. The molecule has 0 atom stereocenters. The number of rotatable bonds is 5. The highest BCUT2D eigenvalue weighted by Gasteiger charge is 2.17. The van der Waals surface area contributed by atoms with Gasteiger partial charge in [0.25, 0.3) is 11.5 Å². The molecule has 0 saturated heterocycles. The normalized spacial score (nSPS) is 10.8. The molecule has 10 heteroatoms. The molecule has 0 aliphatic carbocycles. The number of para-hydroxylation sites is 1. The first kappa shape index (κ1) is 20.9. The molecule has 2 heterocycles. The SMILES string of the molecule is Cc1nn2c(=O)cc(COC(=O)c3ccccc3NC(=O)c3ccccc3Br)nc2s1. The Balaban J connectivity index is 1.51. The van der Waals surface area contributed by atoms with Crippen LogP contribution in [0.25, 0.3) is 4.96 Å². The number of amides is 1. The van der Waals surface area contributed by atoms with Crippen LogP contribution in [0.15, 0.2) is 63.9 Å². The lowest BCUT2D eigenvalue weighted by Gasteiger charge is -2.11. The number of anilines is 1. The van der Waals surface area contributed by atoms with E-state index >= 15 is 0 Å². The van der Waals surface area contributed by atoms with Crippen LogP contribution in [0.2, 0.25) is 0 Å². The van der Waals surface area contributed by atoms with Crippen molar-refractivity contribution < 1.29 is 14.3 Å². The van der Waals surface area contributed by atoms with Gasteiger partial charge in [-0.1, -0.05) is 35.6 Å². The zero-order valence-electron chi connectivity index (χ0n) is 16.2. The molecule has 0 aliphatic rings. The Morgan fingerprint density at radius 1 is 1.13 bits per heavy atom. The fraction of sp³-hybridized carbons (Fsp3) is 0.0952. The molecule has 0 aliphatic heterocycles. The molecule has 4 rings (SSSR count). The molecule has 0 saturated carbocycles. The van der Waals surface area contributed by atoms with Gasteiger partial charge in [0.2, 0.25) is 4.96 Å². The van der Waals surface area contributed by atoms with E-state index in [1.807, 2.05) is 0 Å². The van der Waals surface area contributed by atoms with Gasteiger partial charge in [-0.05, 0) is 47.1 Å². The number of benzene rings is 2. The van der Waals surface area contributed by atoms with Crippen LogP contribution in [-0.4, -0.2) is 26.5 Å². The fourth-order valence-corrected chi connectivity index (χ4v) is 4.08. The van der Waals surface area contributed by atoms with Crippen molar-refractivity contribution in [2.75, 3.05) is 5.32 Å². The number of carbonyl (C=O) groups excluding carboxylic acids is 2. The number of fused-ring (bicyclic) bond motifs is 1. The first-order chi connectivity index (χ1) is 14.9. The van der Waals surface area contributed by atoms with Crippen LogP contribution < -0.4 is 10.9 Å². The maximum atomic E-state index is 12.7. The molecule has 2 aromatic heterocycles. The Morgan fingerprint density at radius 2 is 1.84 bits per heavy atom. The number of aryl methyl sites for hydroxylation is 1. The van der Waals surface area contributed by atoms with Gasteiger partial charge in [-0.3, -0.25) is 9.59 Å². The Labute approximate surface area is 188 Å². The molecule has 0 spiro atoms. The van der Waals surface area contributed by atoms with E-state index in [0.29, 0.717) is 31.4 Å². The molecular formula is C21H15BrN4O4S. The van der Waals surface area contributed by atoms with E-state index in [1.165, 1.54) is 21.9 Å². The van der Waals surface area contributed by atoms with Crippen molar-refractivity contribution in [1.82, 2.24) is 14.6 Å². The van der Waals surface area contributed by atoms with E-state index < -0.39 is 5.97 Å². The van der Waals surface area contributed by atoms with Crippen LogP contribution in [0.4, 0.5) is 5.69 Å². The number of nitrogens with zero attached hydrogens (tertiary/aromatic N) is 3. The molecule has 1 N–H and O–H groups in total. The van der Waals surface area contributed by atoms with E-state index in [0.717, 1.165) is 0 Å². The molecule has 1 amide bonds. The lowest BCUT2D eigenvalue weighted by Crippen LogP contribution is -2.18. The topological polar surface area (TPSA) is 103 Å². The van der Waals surface area contributed by atoms with Gasteiger partial charge in [-0.25, -0.2) is 9.78 Å². The highest BCUT2D eigenvalue weighted by atomic mass is 79.9. The summed E-state index contributed by atoms with van der Waals surface area (Å²) >= 11 is 4.61. The zero-order valence-corrected chi connectivity index (χ0v) is 18.6. The molecule has 0 radical (unpaired) electrons. The first-order valence-electron chi connectivity index (χ1n) is 9.11. The van der Waals surface area contributed by atoms with Gasteiger partial charge < -0.3 is 10.1 Å². The van der Waals surface area contributed by atoms with E-state index in [4.69, 9.17) is 4.74 Å². The van der Waals surface area contributed by atoms with Crippen molar-refractivity contribution in [3.8, 4) is 0 Å². The number of aromatic nitrogens is 3. The van der Waals surface area contributed by atoms with Crippen LogP contribution >= 0.6 is 27.3 Å². The predicted molar refractivity (Wildman–Crippen MR) is 120 cm³/mol. The van der Waals surface area contributed by atoms with Crippen molar-refractivity contribution in [2.45, 2.75) is 13.5 Å². The summed E-state index contributed by atoms with van der Waals surface area (Å²) in [4.78, 5) is 42.2. The van der Waals surface area contributed by atoms with Gasteiger partial charge in [0.1, 0.15) is 11.6 Å². The maximum absolute atomic E-state index is 12.7. The summed E-state index contributed by atoms with van der Waals surface area (Å²) in [5.74, 6) is -1.01. The number of ether oxygens (including phenoxy) is 1. The molecule has 8 nitrogen and oxygen atoms in total. The summed E-state index contributed by atoms with van der Waals surface area (Å²) < 4.78 is 7.19. The van der Waals surface area contributed by atoms with Crippen LogP contribution in [0.1, 0.15) is 31.4 Å². The highest BCUT2D eigenvalue weighted by Crippen LogP contribution is 2.21. The summed E-state index contributed by atoms with van der Waals surface area (Å²) in [5, 5.41) is 7.52. The van der Waals surface area contributed by atoms with E-state index in [2.05, 4.69) is 31.3 Å². The monoisotopic (exact) mass is 498 g/mol. The number of nitrogens with one attached hydrogen (secondary N) is 1. The third kappa shape index (κ3) is 4.54. The summed E-state index contributed by atoms with van der Waals surface area (Å²) in [6, 6.07) is 14.8. The Hall–Kier alpha value is -3.37. The van der Waals surface area contributed by atoms with Crippen LogP contribution in [0, 0.1) is 6.92 Å². The van der Waals surface area contributed by atoms with Crippen molar-refractivity contribution >= 4 is 49.8 Å². The maximum Gasteiger partial charge on any atom is 0.340 e. The fourth-order valence-electron chi connectivity index (χ4n) is 2.85. The van der Waals surface area contributed by atoms with Gasteiger partial charge in [-0.15, -0.1) is 0 Å². The van der Waals surface area contributed by atoms with Gasteiger partial charge in [0.15, 0.2) is 0 Å². The number of carbonyl (C=O) groups is 2. The largest absolute Gasteiger partial charge is 0.456 e. The number of hydrogen-bond donors (Lipinski definition) is 1. The Kier molecular flexibility index (Phi) is 5.92. The second-order valence-electron chi connectivity index (χ2n) is 6.46. The van der Waals surface area contributed by atoms with E-state index in [-0.39, 0.29) is 23.6 Å². The molecule has 156 valence electrons. The molecule has 4 aromatic rings. The quantitative estimate of drug-likeness (QED) is 0.419. The minimum Gasteiger partial charge on any atom is -0.456 e. The molecule has 0 bridgehead atoms. The third-order valence-electron chi connectivity index (χ3n) is 4.26. The lowest BCUT2D eigenvalue weighted by atomic mass is 10.1. The Morgan fingerprint density at radius 3 is 2.61 bits per heavy atom. The van der Waals surface area contributed by atoms with E-state index in [9.17, 15) is 14.4 Å².